The molecule has 0 amide bonds. The lowest BCUT2D eigenvalue weighted by molar-refractivity contribution is 0.103. The van der Waals surface area contributed by atoms with Crippen LogP contribution in [0.25, 0.3) is 0 Å². The van der Waals surface area contributed by atoms with E-state index in [0.717, 1.165) is 0 Å². The van der Waals surface area contributed by atoms with E-state index < -0.39 is 0 Å². The first-order chi connectivity index (χ1) is 9.26. The summed E-state index contributed by atoms with van der Waals surface area (Å²) in [5, 5.41) is 20.4. The van der Waals surface area contributed by atoms with Crippen LogP contribution in [0.5, 0.6) is 0 Å². The Bertz CT molecular complexity index is 670. The molecule has 0 atom stereocenters. The molecule has 0 heterocycles. The van der Waals surface area contributed by atoms with Crippen molar-refractivity contribution in [3.63, 3.8) is 0 Å². The number of hydrogen-bond donors (Lipinski definition) is 1. The van der Waals surface area contributed by atoms with Crippen molar-refractivity contribution < 1.29 is 10.0 Å². The van der Waals surface area contributed by atoms with Crippen molar-refractivity contribution in [1.29, 1.82) is 5.26 Å². The van der Waals surface area contributed by atoms with Crippen LogP contribution in [0.3, 0.4) is 0 Å². The van der Waals surface area contributed by atoms with E-state index in [1.54, 1.807) is 48.5 Å². The SMILES string of the molecule is N#CC(=NO)c1cccc(C(=O)c2ccccc2)c1. The summed E-state index contributed by atoms with van der Waals surface area (Å²) in [6.45, 7) is 0. The van der Waals surface area contributed by atoms with Crippen LogP contribution in [-0.4, -0.2) is 16.7 Å². The fourth-order valence-corrected chi connectivity index (χ4v) is 1.71. The molecule has 0 saturated heterocycles. The average Bonchev–Trinajstić information content (AvgIpc) is 2.49. The van der Waals surface area contributed by atoms with E-state index in [9.17, 15) is 4.79 Å². The molecule has 92 valence electrons. The molecule has 2 aromatic rings. The van der Waals surface area contributed by atoms with Crippen molar-refractivity contribution in [2.24, 2.45) is 5.16 Å². The van der Waals surface area contributed by atoms with Gasteiger partial charge in [-0.2, -0.15) is 5.26 Å². The number of rotatable bonds is 3. The lowest BCUT2D eigenvalue weighted by Crippen LogP contribution is -2.04. The van der Waals surface area contributed by atoms with Gasteiger partial charge in [0.25, 0.3) is 0 Å². The van der Waals surface area contributed by atoms with Gasteiger partial charge in [-0.15, -0.1) is 0 Å². The number of carbonyl (C=O) groups excluding carboxylic acids is 1. The summed E-state index contributed by atoms with van der Waals surface area (Å²) in [7, 11) is 0. The predicted octanol–water partition coefficient (Wildman–Crippen LogP) is 2.62. The molecule has 1 N–H and O–H groups in total. The third-order valence-corrected chi connectivity index (χ3v) is 2.64. The van der Waals surface area contributed by atoms with Crippen LogP contribution < -0.4 is 0 Å². The van der Waals surface area contributed by atoms with E-state index in [2.05, 4.69) is 5.16 Å². The first kappa shape index (κ1) is 12.5. The maximum atomic E-state index is 12.2. The van der Waals surface area contributed by atoms with Gasteiger partial charge in [-0.3, -0.25) is 4.79 Å². The minimum Gasteiger partial charge on any atom is -0.410 e. The van der Waals surface area contributed by atoms with Gasteiger partial charge >= 0.3 is 0 Å². The summed E-state index contributed by atoms with van der Waals surface area (Å²) in [5.41, 5.74) is 1.30. The summed E-state index contributed by atoms with van der Waals surface area (Å²) in [6, 6.07) is 17.1. The molecule has 0 radical (unpaired) electrons. The Morgan fingerprint density at radius 1 is 1.00 bits per heavy atom. The third kappa shape index (κ3) is 2.67. The van der Waals surface area contributed by atoms with Gasteiger partial charge in [0, 0.05) is 16.7 Å². The molecule has 2 rings (SSSR count). The van der Waals surface area contributed by atoms with Gasteiger partial charge in [-0.1, -0.05) is 53.7 Å². The normalized spacial score (nSPS) is 10.8. The Balaban J connectivity index is 2.40. The molecule has 2 aromatic carbocycles. The Morgan fingerprint density at radius 2 is 1.63 bits per heavy atom. The van der Waals surface area contributed by atoms with Gasteiger partial charge in [0.15, 0.2) is 11.5 Å². The highest BCUT2D eigenvalue weighted by atomic mass is 16.4. The van der Waals surface area contributed by atoms with Crippen molar-refractivity contribution >= 4 is 11.5 Å². The first-order valence-electron chi connectivity index (χ1n) is 5.58. The van der Waals surface area contributed by atoms with Crippen LogP contribution >= 0.6 is 0 Å². The summed E-state index contributed by atoms with van der Waals surface area (Å²) >= 11 is 0. The minimum absolute atomic E-state index is 0.122. The van der Waals surface area contributed by atoms with Crippen molar-refractivity contribution in [2.45, 2.75) is 0 Å². The van der Waals surface area contributed by atoms with Crippen LogP contribution in [0, 0.1) is 11.3 Å². The summed E-state index contributed by atoms with van der Waals surface area (Å²) in [4.78, 5) is 12.2. The monoisotopic (exact) mass is 250 g/mol. The second-order valence-corrected chi connectivity index (χ2v) is 3.84. The number of nitriles is 1. The standard InChI is InChI=1S/C15H10N2O2/c16-10-14(17-19)12-7-4-8-13(9-12)15(18)11-5-2-1-3-6-11/h1-9,19H. The number of oxime groups is 1. The molecule has 0 fully saturated rings. The lowest BCUT2D eigenvalue weighted by atomic mass is 10.00. The maximum Gasteiger partial charge on any atom is 0.193 e. The average molecular weight is 250 g/mol. The molecule has 0 saturated carbocycles. The summed E-state index contributed by atoms with van der Waals surface area (Å²) in [5.74, 6) is -0.141. The van der Waals surface area contributed by atoms with Gasteiger partial charge in [0.05, 0.1) is 0 Å². The highest BCUT2D eigenvalue weighted by molar-refractivity contribution is 6.14. The van der Waals surface area contributed by atoms with E-state index in [1.807, 2.05) is 6.07 Å². The highest BCUT2D eigenvalue weighted by Crippen LogP contribution is 2.12. The molecule has 19 heavy (non-hydrogen) atoms. The van der Waals surface area contributed by atoms with Crippen LogP contribution in [0.15, 0.2) is 59.8 Å². The molecule has 0 aliphatic rings. The smallest absolute Gasteiger partial charge is 0.193 e. The van der Waals surface area contributed by atoms with Gasteiger partial charge in [-0.05, 0) is 6.07 Å². The Hall–Kier alpha value is -2.93. The highest BCUT2D eigenvalue weighted by Gasteiger charge is 2.11. The quantitative estimate of drug-likeness (QED) is 0.394. The lowest BCUT2D eigenvalue weighted by Gasteiger charge is -2.03. The van der Waals surface area contributed by atoms with Crippen LogP contribution in [0.1, 0.15) is 21.5 Å². The van der Waals surface area contributed by atoms with Crippen molar-refractivity contribution in [2.75, 3.05) is 0 Å². The zero-order valence-corrected chi connectivity index (χ0v) is 9.95. The van der Waals surface area contributed by atoms with Crippen LogP contribution in [0.4, 0.5) is 0 Å². The van der Waals surface area contributed by atoms with Crippen molar-refractivity contribution in [3.8, 4) is 6.07 Å². The zero-order valence-electron chi connectivity index (χ0n) is 9.95. The summed E-state index contributed by atoms with van der Waals surface area (Å²) < 4.78 is 0. The summed E-state index contributed by atoms with van der Waals surface area (Å²) in [6.07, 6.45) is 0. The molecular formula is C15H10N2O2. The molecule has 4 nitrogen and oxygen atoms in total. The minimum atomic E-state index is -0.141. The Morgan fingerprint density at radius 3 is 2.26 bits per heavy atom. The van der Waals surface area contributed by atoms with Gasteiger partial charge in [0.1, 0.15) is 6.07 Å². The number of benzene rings is 2. The van der Waals surface area contributed by atoms with E-state index in [1.165, 1.54) is 6.07 Å². The van der Waals surface area contributed by atoms with E-state index in [0.29, 0.717) is 16.7 Å². The zero-order chi connectivity index (χ0) is 13.7. The van der Waals surface area contributed by atoms with Crippen molar-refractivity contribution in [3.05, 3.63) is 71.3 Å². The Kier molecular flexibility index (Phi) is 3.70. The fourth-order valence-electron chi connectivity index (χ4n) is 1.71. The van der Waals surface area contributed by atoms with Gasteiger partial charge < -0.3 is 5.21 Å². The van der Waals surface area contributed by atoms with Gasteiger partial charge in [-0.25, -0.2) is 0 Å². The fraction of sp³-hybridized carbons (Fsp3) is 0. The molecule has 4 heteroatoms. The number of hydrogen-bond acceptors (Lipinski definition) is 4. The van der Waals surface area contributed by atoms with E-state index >= 15 is 0 Å². The van der Waals surface area contributed by atoms with E-state index in [-0.39, 0.29) is 11.5 Å². The molecule has 0 aliphatic heterocycles. The maximum absolute atomic E-state index is 12.2. The molecule has 0 aromatic heterocycles. The second-order valence-electron chi connectivity index (χ2n) is 3.84. The van der Waals surface area contributed by atoms with Crippen LogP contribution in [-0.2, 0) is 0 Å². The molecule has 0 aliphatic carbocycles. The van der Waals surface area contributed by atoms with Gasteiger partial charge in [0.2, 0.25) is 0 Å². The second kappa shape index (κ2) is 5.61. The topological polar surface area (TPSA) is 73.4 Å². The number of nitrogens with zero attached hydrogens (tertiary/aromatic N) is 2. The number of ketones is 1. The largest absolute Gasteiger partial charge is 0.410 e. The first-order valence-corrected chi connectivity index (χ1v) is 5.58. The third-order valence-electron chi connectivity index (χ3n) is 2.64. The number of carbonyl (C=O) groups is 1. The van der Waals surface area contributed by atoms with Crippen LogP contribution in [0.2, 0.25) is 0 Å². The predicted molar refractivity (Wildman–Crippen MR) is 70.3 cm³/mol. The molecule has 0 bridgehead atoms. The van der Waals surface area contributed by atoms with Crippen molar-refractivity contribution in [1.82, 2.24) is 0 Å². The Labute approximate surface area is 110 Å². The molecular weight excluding hydrogens is 240 g/mol. The molecule has 0 unspecified atom stereocenters. The molecule has 0 spiro atoms. The van der Waals surface area contributed by atoms with E-state index in [4.69, 9.17) is 10.5 Å².